The summed E-state index contributed by atoms with van der Waals surface area (Å²) in [6.07, 6.45) is 0. The Morgan fingerprint density at radius 1 is 1.09 bits per heavy atom. The first-order valence-corrected chi connectivity index (χ1v) is 7.93. The standard InChI is InChI=1S/C17H16Cl2N4/c1-11-17(21-22-20-11)13-5-3-4-12(8-13)10-23(2)14-6-7-15(18)16(19)9-14/h3-9H,10H2,1-2H3,(H,20,21,22). The number of H-pyrrole nitrogens is 1. The van der Waals surface area contributed by atoms with Crippen LogP contribution < -0.4 is 4.90 Å². The van der Waals surface area contributed by atoms with E-state index in [1.165, 1.54) is 5.56 Å². The molecule has 0 aliphatic carbocycles. The predicted molar refractivity (Wildman–Crippen MR) is 95.1 cm³/mol. The monoisotopic (exact) mass is 346 g/mol. The minimum Gasteiger partial charge on any atom is -0.370 e. The van der Waals surface area contributed by atoms with Crippen LogP contribution in [0.2, 0.25) is 10.0 Å². The minimum atomic E-state index is 0.558. The lowest BCUT2D eigenvalue weighted by atomic mass is 10.1. The zero-order chi connectivity index (χ0) is 16.4. The first kappa shape index (κ1) is 15.8. The van der Waals surface area contributed by atoms with Crippen molar-refractivity contribution < 1.29 is 0 Å². The number of hydrogen-bond donors (Lipinski definition) is 1. The third-order valence-corrected chi connectivity index (χ3v) is 4.43. The van der Waals surface area contributed by atoms with Gasteiger partial charge in [-0.1, -0.05) is 46.6 Å². The molecule has 0 unspecified atom stereocenters. The highest BCUT2D eigenvalue weighted by Crippen LogP contribution is 2.28. The molecule has 1 N–H and O–H groups in total. The summed E-state index contributed by atoms with van der Waals surface area (Å²) in [5.41, 5.74) is 5.08. The molecule has 0 saturated carbocycles. The van der Waals surface area contributed by atoms with E-state index in [9.17, 15) is 0 Å². The lowest BCUT2D eigenvalue weighted by molar-refractivity contribution is 0.922. The van der Waals surface area contributed by atoms with Gasteiger partial charge in [-0.15, -0.1) is 5.10 Å². The smallest absolute Gasteiger partial charge is 0.115 e. The summed E-state index contributed by atoms with van der Waals surface area (Å²) in [6, 6.07) is 13.9. The largest absolute Gasteiger partial charge is 0.370 e. The highest BCUT2D eigenvalue weighted by molar-refractivity contribution is 6.42. The van der Waals surface area contributed by atoms with Crippen LogP contribution in [0, 0.1) is 6.92 Å². The average Bonchev–Trinajstić information content (AvgIpc) is 2.96. The summed E-state index contributed by atoms with van der Waals surface area (Å²) in [5, 5.41) is 12.0. The molecule has 0 aliphatic rings. The van der Waals surface area contributed by atoms with Gasteiger partial charge in [-0.3, -0.25) is 5.10 Å². The maximum Gasteiger partial charge on any atom is 0.115 e. The molecule has 0 radical (unpaired) electrons. The fourth-order valence-electron chi connectivity index (χ4n) is 2.46. The minimum absolute atomic E-state index is 0.558. The number of anilines is 1. The molecule has 2 aromatic carbocycles. The molecule has 118 valence electrons. The number of benzene rings is 2. The normalized spacial score (nSPS) is 10.8. The molecule has 4 nitrogen and oxygen atoms in total. The molecular weight excluding hydrogens is 331 g/mol. The highest BCUT2D eigenvalue weighted by atomic mass is 35.5. The molecule has 0 saturated heterocycles. The number of aryl methyl sites for hydroxylation is 1. The van der Waals surface area contributed by atoms with Crippen molar-refractivity contribution in [1.29, 1.82) is 0 Å². The van der Waals surface area contributed by atoms with Crippen LogP contribution in [0.15, 0.2) is 42.5 Å². The number of aromatic nitrogens is 3. The van der Waals surface area contributed by atoms with Gasteiger partial charge >= 0.3 is 0 Å². The maximum atomic E-state index is 6.09. The lowest BCUT2D eigenvalue weighted by Gasteiger charge is -2.20. The van der Waals surface area contributed by atoms with Gasteiger partial charge in [-0.25, -0.2) is 0 Å². The number of halogens is 2. The first-order valence-electron chi connectivity index (χ1n) is 7.18. The van der Waals surface area contributed by atoms with Crippen LogP contribution in [0.1, 0.15) is 11.3 Å². The van der Waals surface area contributed by atoms with Crippen molar-refractivity contribution in [3.05, 3.63) is 63.8 Å². The molecule has 3 rings (SSSR count). The van der Waals surface area contributed by atoms with Crippen LogP contribution in [0.4, 0.5) is 5.69 Å². The molecule has 0 spiro atoms. The van der Waals surface area contributed by atoms with Gasteiger partial charge in [0, 0.05) is 24.8 Å². The SMILES string of the molecule is Cc1[nH]nnc1-c1cccc(CN(C)c2ccc(Cl)c(Cl)c2)c1. The van der Waals surface area contributed by atoms with Crippen molar-refractivity contribution in [2.45, 2.75) is 13.5 Å². The van der Waals surface area contributed by atoms with Crippen molar-refractivity contribution in [2.24, 2.45) is 0 Å². The number of nitrogens with one attached hydrogen (secondary N) is 1. The summed E-state index contributed by atoms with van der Waals surface area (Å²) in [5.74, 6) is 0. The Kier molecular flexibility index (Phi) is 4.55. The van der Waals surface area contributed by atoms with Gasteiger partial charge < -0.3 is 4.90 Å². The Bertz CT molecular complexity index is 829. The molecule has 1 heterocycles. The van der Waals surface area contributed by atoms with Crippen LogP contribution in [-0.2, 0) is 6.54 Å². The number of hydrogen-bond acceptors (Lipinski definition) is 3. The van der Waals surface area contributed by atoms with E-state index < -0.39 is 0 Å². The molecule has 3 aromatic rings. The van der Waals surface area contributed by atoms with Gasteiger partial charge in [0.15, 0.2) is 0 Å². The third kappa shape index (κ3) is 3.49. The Balaban J connectivity index is 1.82. The lowest BCUT2D eigenvalue weighted by Crippen LogP contribution is -2.16. The maximum absolute atomic E-state index is 6.09. The van der Waals surface area contributed by atoms with Gasteiger partial charge in [0.2, 0.25) is 0 Å². The molecule has 0 amide bonds. The van der Waals surface area contributed by atoms with E-state index in [0.29, 0.717) is 10.0 Å². The topological polar surface area (TPSA) is 44.8 Å². The molecular formula is C17H16Cl2N4. The van der Waals surface area contributed by atoms with Crippen molar-refractivity contribution in [3.63, 3.8) is 0 Å². The zero-order valence-corrected chi connectivity index (χ0v) is 14.4. The summed E-state index contributed by atoms with van der Waals surface area (Å²) in [7, 11) is 2.02. The van der Waals surface area contributed by atoms with E-state index >= 15 is 0 Å². The summed E-state index contributed by atoms with van der Waals surface area (Å²) < 4.78 is 0. The van der Waals surface area contributed by atoms with Crippen molar-refractivity contribution in [3.8, 4) is 11.3 Å². The van der Waals surface area contributed by atoms with Gasteiger partial charge in [0.25, 0.3) is 0 Å². The Morgan fingerprint density at radius 3 is 2.61 bits per heavy atom. The second kappa shape index (κ2) is 6.60. The van der Waals surface area contributed by atoms with Crippen LogP contribution in [-0.4, -0.2) is 22.5 Å². The molecule has 0 aliphatic heterocycles. The zero-order valence-electron chi connectivity index (χ0n) is 12.8. The van der Waals surface area contributed by atoms with Gasteiger partial charge in [-0.2, -0.15) is 0 Å². The molecule has 6 heteroatoms. The Labute approximate surface area is 145 Å². The molecule has 1 aromatic heterocycles. The van der Waals surface area contributed by atoms with Crippen LogP contribution >= 0.6 is 23.2 Å². The van der Waals surface area contributed by atoms with Crippen molar-refractivity contribution in [2.75, 3.05) is 11.9 Å². The number of aromatic amines is 1. The average molecular weight is 347 g/mol. The summed E-state index contributed by atoms with van der Waals surface area (Å²) in [6.45, 7) is 2.71. The van der Waals surface area contributed by atoms with Crippen molar-refractivity contribution in [1.82, 2.24) is 15.4 Å². The molecule has 23 heavy (non-hydrogen) atoms. The van der Waals surface area contributed by atoms with E-state index in [4.69, 9.17) is 23.2 Å². The summed E-state index contributed by atoms with van der Waals surface area (Å²) >= 11 is 12.1. The second-order valence-corrected chi connectivity index (χ2v) is 6.25. The molecule has 0 fully saturated rings. The number of nitrogens with zero attached hydrogens (tertiary/aromatic N) is 3. The van der Waals surface area contributed by atoms with E-state index in [1.807, 2.05) is 44.3 Å². The van der Waals surface area contributed by atoms with Gasteiger partial charge in [0.05, 0.1) is 15.7 Å². The number of rotatable bonds is 4. The Morgan fingerprint density at radius 2 is 1.91 bits per heavy atom. The Hall–Kier alpha value is -2.04. The van der Waals surface area contributed by atoms with E-state index in [0.717, 1.165) is 29.2 Å². The van der Waals surface area contributed by atoms with Crippen LogP contribution in [0.5, 0.6) is 0 Å². The van der Waals surface area contributed by atoms with Crippen molar-refractivity contribution >= 4 is 28.9 Å². The highest BCUT2D eigenvalue weighted by Gasteiger charge is 2.09. The van der Waals surface area contributed by atoms with Gasteiger partial charge in [-0.05, 0) is 36.8 Å². The fourth-order valence-corrected chi connectivity index (χ4v) is 2.75. The molecule has 0 bridgehead atoms. The third-order valence-electron chi connectivity index (χ3n) is 3.69. The predicted octanol–water partition coefficient (Wildman–Crippen LogP) is 4.72. The van der Waals surface area contributed by atoms with E-state index in [2.05, 4.69) is 32.4 Å². The second-order valence-electron chi connectivity index (χ2n) is 5.44. The van der Waals surface area contributed by atoms with E-state index in [-0.39, 0.29) is 0 Å². The van der Waals surface area contributed by atoms with E-state index in [1.54, 1.807) is 0 Å². The van der Waals surface area contributed by atoms with Crippen LogP contribution in [0.25, 0.3) is 11.3 Å². The fraction of sp³-hybridized carbons (Fsp3) is 0.176. The van der Waals surface area contributed by atoms with Crippen LogP contribution in [0.3, 0.4) is 0 Å². The quantitative estimate of drug-likeness (QED) is 0.743. The molecule has 0 atom stereocenters. The summed E-state index contributed by atoms with van der Waals surface area (Å²) in [4.78, 5) is 2.12. The van der Waals surface area contributed by atoms with Gasteiger partial charge in [0.1, 0.15) is 5.69 Å². The first-order chi connectivity index (χ1) is 11.0.